The first kappa shape index (κ1) is 19.7. The lowest BCUT2D eigenvalue weighted by Crippen LogP contribution is -2.31. The number of unbranched alkanes of at least 4 members (excludes halogenated alkanes) is 1. The van der Waals surface area contributed by atoms with Crippen molar-refractivity contribution in [3.63, 3.8) is 0 Å². The van der Waals surface area contributed by atoms with Gasteiger partial charge in [-0.05, 0) is 18.9 Å². The van der Waals surface area contributed by atoms with Crippen molar-refractivity contribution in [2.24, 2.45) is 7.05 Å². The largest absolute Gasteiger partial charge is 0.274 e. The molecular weight excluding hydrogens is 334 g/mol. The van der Waals surface area contributed by atoms with Crippen LogP contribution >= 0.6 is 12.4 Å². The smallest absolute Gasteiger partial charge is 0.246 e. The molecule has 0 aliphatic heterocycles. The van der Waals surface area contributed by atoms with Gasteiger partial charge in [-0.1, -0.05) is 43.7 Å². The monoisotopic (exact) mass is 357 g/mol. The highest BCUT2D eigenvalue weighted by molar-refractivity contribution is 7.89. The summed E-state index contributed by atoms with van der Waals surface area (Å²) in [6, 6.07) is 9.68. The molecule has 1 aromatic carbocycles. The normalized spacial score (nSPS) is 11.5. The Bertz CT molecular complexity index is 714. The van der Waals surface area contributed by atoms with Crippen molar-refractivity contribution in [2.75, 3.05) is 6.54 Å². The van der Waals surface area contributed by atoms with Crippen molar-refractivity contribution in [1.29, 1.82) is 0 Å². The van der Waals surface area contributed by atoms with Gasteiger partial charge in [0.05, 0.1) is 5.69 Å². The van der Waals surface area contributed by atoms with Crippen molar-refractivity contribution in [1.82, 2.24) is 14.1 Å². The number of halogens is 1. The third-order valence-corrected chi connectivity index (χ3v) is 5.50. The van der Waals surface area contributed by atoms with Gasteiger partial charge in [0.15, 0.2) is 0 Å². The fraction of sp³-hybridized carbons (Fsp3) is 0.438. The summed E-state index contributed by atoms with van der Waals surface area (Å²) in [5.74, 6) is 0. The van der Waals surface area contributed by atoms with E-state index in [1.807, 2.05) is 30.3 Å². The molecule has 1 aromatic heterocycles. The lowest BCUT2D eigenvalue weighted by atomic mass is 10.2. The highest BCUT2D eigenvalue weighted by Gasteiger charge is 2.27. The van der Waals surface area contributed by atoms with Gasteiger partial charge in [0, 0.05) is 26.3 Å². The van der Waals surface area contributed by atoms with Gasteiger partial charge in [-0.2, -0.15) is 9.40 Å². The molecule has 0 saturated carbocycles. The van der Waals surface area contributed by atoms with Gasteiger partial charge < -0.3 is 0 Å². The Labute approximate surface area is 144 Å². The minimum absolute atomic E-state index is 0. The Balaban J connectivity index is 0.00000264. The summed E-state index contributed by atoms with van der Waals surface area (Å²) in [6.07, 6.45) is 3.37. The zero-order valence-corrected chi connectivity index (χ0v) is 15.4. The van der Waals surface area contributed by atoms with E-state index in [-0.39, 0.29) is 12.4 Å². The average molecular weight is 358 g/mol. The first-order valence-corrected chi connectivity index (χ1v) is 8.93. The van der Waals surface area contributed by atoms with Crippen LogP contribution in [-0.2, 0) is 23.6 Å². The number of aromatic nitrogens is 2. The maximum absolute atomic E-state index is 12.9. The zero-order valence-electron chi connectivity index (χ0n) is 13.8. The first-order chi connectivity index (χ1) is 10.4. The van der Waals surface area contributed by atoms with Gasteiger partial charge in [0.1, 0.15) is 4.90 Å². The Kier molecular flexibility index (Phi) is 7.25. The molecular formula is C16H24ClN3O2S. The molecule has 2 aromatic rings. The van der Waals surface area contributed by atoms with Crippen LogP contribution in [0.4, 0.5) is 0 Å². The number of hydrogen-bond donors (Lipinski definition) is 0. The summed E-state index contributed by atoms with van der Waals surface area (Å²) in [4.78, 5) is 0.294. The summed E-state index contributed by atoms with van der Waals surface area (Å²) in [6.45, 7) is 4.69. The van der Waals surface area contributed by atoms with Crippen molar-refractivity contribution in [3.05, 3.63) is 47.8 Å². The number of rotatable bonds is 7. The van der Waals surface area contributed by atoms with E-state index >= 15 is 0 Å². The van der Waals surface area contributed by atoms with Crippen LogP contribution in [-0.4, -0.2) is 29.0 Å². The molecule has 0 N–H and O–H groups in total. The number of nitrogens with zero attached hydrogens (tertiary/aromatic N) is 3. The van der Waals surface area contributed by atoms with Crippen LogP contribution in [0.3, 0.4) is 0 Å². The summed E-state index contributed by atoms with van der Waals surface area (Å²) >= 11 is 0. The molecule has 0 aliphatic carbocycles. The van der Waals surface area contributed by atoms with E-state index in [2.05, 4.69) is 12.0 Å². The highest BCUT2D eigenvalue weighted by atomic mass is 35.5. The van der Waals surface area contributed by atoms with E-state index in [0.29, 0.717) is 23.7 Å². The number of sulfonamides is 1. The Morgan fingerprint density at radius 1 is 1.22 bits per heavy atom. The number of benzene rings is 1. The average Bonchev–Trinajstić information content (AvgIpc) is 2.84. The predicted octanol–water partition coefficient (Wildman–Crippen LogP) is 3.14. The van der Waals surface area contributed by atoms with Crippen LogP contribution in [0.1, 0.15) is 31.0 Å². The minimum Gasteiger partial charge on any atom is -0.274 e. The summed E-state index contributed by atoms with van der Waals surface area (Å²) in [5.41, 5.74) is 1.53. The maximum atomic E-state index is 12.9. The van der Waals surface area contributed by atoms with E-state index in [9.17, 15) is 8.42 Å². The first-order valence-electron chi connectivity index (χ1n) is 7.49. The summed E-state index contributed by atoms with van der Waals surface area (Å²) in [7, 11) is -1.80. The topological polar surface area (TPSA) is 55.2 Å². The maximum Gasteiger partial charge on any atom is 0.246 e. The molecule has 23 heavy (non-hydrogen) atoms. The molecule has 128 valence electrons. The number of aryl methyl sites for hydroxylation is 2. The second kappa shape index (κ2) is 8.47. The van der Waals surface area contributed by atoms with E-state index in [4.69, 9.17) is 0 Å². The van der Waals surface area contributed by atoms with Gasteiger partial charge in [-0.3, -0.25) is 4.68 Å². The highest BCUT2D eigenvalue weighted by Crippen LogP contribution is 2.21. The predicted molar refractivity (Wildman–Crippen MR) is 94.1 cm³/mol. The molecule has 0 bridgehead atoms. The molecule has 0 spiro atoms. The van der Waals surface area contributed by atoms with Crippen molar-refractivity contribution in [2.45, 2.75) is 38.1 Å². The molecule has 0 aliphatic rings. The molecule has 0 amide bonds. The second-order valence-corrected chi connectivity index (χ2v) is 7.34. The molecule has 1 heterocycles. The molecule has 5 nitrogen and oxygen atoms in total. The molecule has 7 heteroatoms. The van der Waals surface area contributed by atoms with Crippen molar-refractivity contribution in [3.8, 4) is 0 Å². The van der Waals surface area contributed by atoms with E-state index in [1.165, 1.54) is 0 Å². The zero-order chi connectivity index (χ0) is 16.2. The lowest BCUT2D eigenvalue weighted by Gasteiger charge is -2.21. The quantitative estimate of drug-likeness (QED) is 0.764. The van der Waals surface area contributed by atoms with E-state index < -0.39 is 10.0 Å². The molecule has 2 rings (SSSR count). The van der Waals surface area contributed by atoms with Gasteiger partial charge in [0.25, 0.3) is 0 Å². The Morgan fingerprint density at radius 2 is 1.87 bits per heavy atom. The van der Waals surface area contributed by atoms with E-state index in [0.717, 1.165) is 18.4 Å². The van der Waals surface area contributed by atoms with Crippen LogP contribution in [0.15, 0.2) is 41.4 Å². The third kappa shape index (κ3) is 4.80. The van der Waals surface area contributed by atoms with Crippen LogP contribution < -0.4 is 0 Å². The molecule has 0 saturated heterocycles. The molecule has 0 atom stereocenters. The molecule has 0 fully saturated rings. The van der Waals surface area contributed by atoms with Crippen molar-refractivity contribution >= 4 is 22.4 Å². The minimum atomic E-state index is -3.53. The fourth-order valence-corrected chi connectivity index (χ4v) is 4.04. The van der Waals surface area contributed by atoms with Crippen molar-refractivity contribution < 1.29 is 8.42 Å². The van der Waals surface area contributed by atoms with Crippen LogP contribution in [0.2, 0.25) is 0 Å². The van der Waals surface area contributed by atoms with Crippen LogP contribution in [0, 0.1) is 6.92 Å². The van der Waals surface area contributed by atoms with E-state index in [1.54, 1.807) is 29.2 Å². The fourth-order valence-electron chi connectivity index (χ4n) is 2.38. The van der Waals surface area contributed by atoms with Crippen LogP contribution in [0.5, 0.6) is 0 Å². The van der Waals surface area contributed by atoms with Crippen LogP contribution in [0.25, 0.3) is 0 Å². The van der Waals surface area contributed by atoms with Gasteiger partial charge in [-0.25, -0.2) is 8.42 Å². The Hall–Kier alpha value is -1.37. The Morgan fingerprint density at radius 3 is 2.39 bits per heavy atom. The standard InChI is InChI=1S/C16H23N3O2S.ClH/c1-4-5-11-19(12-15-9-7-6-8-10-15)22(20,21)16-13-18(3)17-14(16)2;/h6-10,13H,4-5,11-12H2,1-3H3;1H. The SMILES string of the molecule is CCCCN(Cc1ccccc1)S(=O)(=O)c1cn(C)nc1C.Cl. The lowest BCUT2D eigenvalue weighted by molar-refractivity contribution is 0.397. The molecule has 0 unspecified atom stereocenters. The van der Waals surface area contributed by atoms with Gasteiger partial charge in [-0.15, -0.1) is 12.4 Å². The number of hydrogen-bond acceptors (Lipinski definition) is 3. The third-order valence-electron chi connectivity index (χ3n) is 3.55. The van der Waals surface area contributed by atoms with Gasteiger partial charge >= 0.3 is 0 Å². The summed E-state index contributed by atoms with van der Waals surface area (Å²) in [5, 5.41) is 4.16. The molecule has 0 radical (unpaired) electrons. The second-order valence-electron chi connectivity index (χ2n) is 5.43. The summed E-state index contributed by atoms with van der Waals surface area (Å²) < 4.78 is 29.0. The van der Waals surface area contributed by atoms with Gasteiger partial charge in [0.2, 0.25) is 10.0 Å².